The molecule has 0 radical (unpaired) electrons. The van der Waals surface area contributed by atoms with Crippen molar-refractivity contribution < 1.29 is 4.55 Å². The maximum absolute atomic E-state index is 11.4. The summed E-state index contributed by atoms with van der Waals surface area (Å²) in [5.41, 5.74) is -0.160. The van der Waals surface area contributed by atoms with E-state index in [-0.39, 0.29) is 31.1 Å². The third-order valence-electron chi connectivity index (χ3n) is 1.79. The quantitative estimate of drug-likeness (QED) is 0.590. The van der Waals surface area contributed by atoms with Gasteiger partial charge in [0.25, 0.3) is 0 Å². The summed E-state index contributed by atoms with van der Waals surface area (Å²) in [6.07, 6.45) is 1.35. The third kappa shape index (κ3) is 2.08. The molecule has 0 N–H and O–H groups in total. The highest BCUT2D eigenvalue weighted by atomic mass is 35.5. The monoisotopic (exact) mass is 292 g/mol. The Balaban J connectivity index is 3.81. The van der Waals surface area contributed by atoms with Gasteiger partial charge in [0.05, 0.1) is 15.6 Å². The minimum absolute atomic E-state index is 0.0539. The van der Waals surface area contributed by atoms with Gasteiger partial charge >= 0.3 is 0 Å². The van der Waals surface area contributed by atoms with E-state index < -0.39 is 11.2 Å². The highest BCUT2D eigenvalue weighted by Crippen LogP contribution is 2.39. The van der Waals surface area contributed by atoms with Gasteiger partial charge in [0, 0.05) is 0 Å². The fourth-order valence-corrected chi connectivity index (χ4v) is 3.08. The van der Waals surface area contributed by atoms with Crippen molar-refractivity contribution in [2.45, 2.75) is 4.90 Å². The zero-order valence-corrected chi connectivity index (χ0v) is 10.9. The molecule has 82 valence electrons. The summed E-state index contributed by atoms with van der Waals surface area (Å²) >= 11 is 15.9. The molecule has 1 aromatic carbocycles. The van der Waals surface area contributed by atoms with Gasteiger partial charge in [0.15, 0.2) is 4.90 Å². The van der Waals surface area contributed by atoms with E-state index in [0.717, 1.165) is 0 Å². The van der Waals surface area contributed by atoms with Crippen LogP contribution < -0.4 is 0 Å². The molecule has 0 saturated carbocycles. The smallest absolute Gasteiger partial charge is 0.191 e. The highest BCUT2D eigenvalue weighted by Gasteiger charge is 2.27. The van der Waals surface area contributed by atoms with E-state index in [1.165, 1.54) is 6.26 Å². The van der Waals surface area contributed by atoms with E-state index in [1.54, 1.807) is 12.1 Å². The van der Waals surface area contributed by atoms with Crippen LogP contribution in [0.15, 0.2) is 4.90 Å². The molecular weight excluding hydrogens is 291 g/mol. The third-order valence-corrected chi connectivity index (χ3v) is 4.11. The molecule has 1 unspecified atom stereocenters. The van der Waals surface area contributed by atoms with Gasteiger partial charge in [-0.2, -0.15) is 10.5 Å². The van der Waals surface area contributed by atoms with Crippen molar-refractivity contribution in [2.75, 3.05) is 6.26 Å². The number of benzene rings is 1. The fraction of sp³-hybridized carbons (Fsp3) is 0.111. The van der Waals surface area contributed by atoms with E-state index >= 15 is 0 Å². The standard InChI is InChI=1S/C9H3Cl3N2OS/c1-16(15)9-5(3-14)6(10)4(2-13)7(11)8(9)12/h1H3. The minimum atomic E-state index is -1.52. The molecule has 0 saturated heterocycles. The van der Waals surface area contributed by atoms with Crippen LogP contribution in [0.3, 0.4) is 0 Å². The van der Waals surface area contributed by atoms with E-state index in [0.29, 0.717) is 0 Å². The first-order valence-corrected chi connectivity index (χ1v) is 6.49. The van der Waals surface area contributed by atoms with Crippen molar-refractivity contribution in [3.63, 3.8) is 0 Å². The predicted molar refractivity (Wildman–Crippen MR) is 63.2 cm³/mol. The van der Waals surface area contributed by atoms with Crippen LogP contribution in [0.2, 0.25) is 15.1 Å². The summed E-state index contributed by atoms with van der Waals surface area (Å²) in [4.78, 5) is 0.0539. The van der Waals surface area contributed by atoms with Crippen molar-refractivity contribution in [3.8, 4) is 12.1 Å². The van der Waals surface area contributed by atoms with Crippen LogP contribution >= 0.6 is 34.8 Å². The molecule has 16 heavy (non-hydrogen) atoms. The predicted octanol–water partition coefficient (Wildman–Crippen LogP) is 3.13. The van der Waals surface area contributed by atoms with Crippen LogP contribution in [0.25, 0.3) is 0 Å². The number of halogens is 3. The van der Waals surface area contributed by atoms with E-state index in [4.69, 9.17) is 45.3 Å². The number of hydrogen-bond donors (Lipinski definition) is 0. The van der Waals surface area contributed by atoms with Crippen LogP contribution in [-0.2, 0) is 11.2 Å². The lowest BCUT2D eigenvalue weighted by atomic mass is 10.1. The molecule has 3 nitrogen and oxygen atoms in total. The summed E-state index contributed by atoms with van der Waals surface area (Å²) in [6.45, 7) is 0. The summed E-state index contributed by atoms with van der Waals surface area (Å²) in [5, 5.41) is 17.4. The number of hydrogen-bond acceptors (Lipinski definition) is 3. The first-order chi connectivity index (χ1) is 7.45. The van der Waals surface area contributed by atoms with Crippen molar-refractivity contribution in [3.05, 3.63) is 26.2 Å². The van der Waals surface area contributed by atoms with Gasteiger partial charge < -0.3 is 4.55 Å². The Hall–Kier alpha value is -0.620. The lowest BCUT2D eigenvalue weighted by molar-refractivity contribution is 0.600. The minimum Gasteiger partial charge on any atom is -0.612 e. The Kier molecular flexibility index (Phi) is 4.32. The van der Waals surface area contributed by atoms with Crippen LogP contribution in [0, 0.1) is 22.7 Å². The van der Waals surface area contributed by atoms with Crippen LogP contribution in [0.1, 0.15) is 11.1 Å². The van der Waals surface area contributed by atoms with Gasteiger partial charge in [-0.15, -0.1) is 0 Å². The number of nitrogens with zero attached hydrogens (tertiary/aromatic N) is 2. The van der Waals surface area contributed by atoms with Gasteiger partial charge in [-0.25, -0.2) is 0 Å². The fourth-order valence-electron chi connectivity index (χ4n) is 1.11. The molecule has 0 fully saturated rings. The normalized spacial score (nSPS) is 11.7. The van der Waals surface area contributed by atoms with Gasteiger partial charge in [-0.1, -0.05) is 34.8 Å². The van der Waals surface area contributed by atoms with Gasteiger partial charge in [-0.05, 0) is 11.2 Å². The molecule has 0 amide bonds. The Morgan fingerprint density at radius 2 is 1.50 bits per heavy atom. The first kappa shape index (κ1) is 13.4. The Morgan fingerprint density at radius 1 is 1.00 bits per heavy atom. The Labute approximate surface area is 110 Å². The molecule has 1 atom stereocenters. The molecular formula is C9H3Cl3N2OS. The molecule has 0 heterocycles. The largest absolute Gasteiger partial charge is 0.612 e. The Bertz CT molecular complexity index is 531. The van der Waals surface area contributed by atoms with Crippen LogP contribution in [-0.4, -0.2) is 10.8 Å². The first-order valence-electron chi connectivity index (χ1n) is 3.79. The van der Waals surface area contributed by atoms with E-state index in [9.17, 15) is 4.55 Å². The lowest BCUT2D eigenvalue weighted by Crippen LogP contribution is -2.04. The highest BCUT2D eigenvalue weighted by molar-refractivity contribution is 7.90. The maximum Gasteiger partial charge on any atom is 0.191 e. The molecule has 0 spiro atoms. The van der Waals surface area contributed by atoms with Crippen molar-refractivity contribution in [1.29, 1.82) is 10.5 Å². The van der Waals surface area contributed by atoms with Crippen molar-refractivity contribution in [1.82, 2.24) is 0 Å². The Morgan fingerprint density at radius 3 is 1.88 bits per heavy atom. The van der Waals surface area contributed by atoms with Gasteiger partial charge in [0.1, 0.15) is 29.0 Å². The average molecular weight is 294 g/mol. The molecule has 0 aliphatic carbocycles. The summed E-state index contributed by atoms with van der Waals surface area (Å²) in [6, 6.07) is 3.52. The molecule has 7 heteroatoms. The summed E-state index contributed by atoms with van der Waals surface area (Å²) in [7, 11) is 0. The average Bonchev–Trinajstić information content (AvgIpc) is 2.23. The summed E-state index contributed by atoms with van der Waals surface area (Å²) in [5.74, 6) is 0. The topological polar surface area (TPSA) is 70.6 Å². The van der Waals surface area contributed by atoms with Gasteiger partial charge in [-0.3, -0.25) is 0 Å². The zero-order chi connectivity index (χ0) is 12.5. The lowest BCUT2D eigenvalue weighted by Gasteiger charge is -2.11. The second kappa shape index (κ2) is 5.14. The van der Waals surface area contributed by atoms with E-state index in [1.807, 2.05) is 0 Å². The summed E-state index contributed by atoms with van der Waals surface area (Å²) < 4.78 is 11.4. The van der Waals surface area contributed by atoms with E-state index in [2.05, 4.69) is 0 Å². The van der Waals surface area contributed by atoms with Crippen molar-refractivity contribution in [2.24, 2.45) is 0 Å². The van der Waals surface area contributed by atoms with Crippen LogP contribution in [0.5, 0.6) is 0 Å². The molecule has 0 aromatic heterocycles. The van der Waals surface area contributed by atoms with Crippen molar-refractivity contribution >= 4 is 46.0 Å². The van der Waals surface area contributed by atoms with Gasteiger partial charge in [0.2, 0.25) is 0 Å². The number of nitriles is 2. The number of rotatable bonds is 1. The second-order valence-electron chi connectivity index (χ2n) is 2.70. The zero-order valence-electron chi connectivity index (χ0n) is 7.84. The molecule has 0 bridgehead atoms. The molecule has 1 aromatic rings. The molecule has 1 rings (SSSR count). The molecule has 0 aliphatic rings. The SMILES string of the molecule is C[S+]([O-])c1c(Cl)c(Cl)c(C#N)c(Cl)c1C#N. The molecule has 0 aliphatic heterocycles. The maximum atomic E-state index is 11.4. The second-order valence-corrected chi connectivity index (χ2v) is 5.15. The van der Waals surface area contributed by atoms with Crippen LogP contribution in [0.4, 0.5) is 0 Å².